The molecule has 2 aliphatic heterocycles. The number of hydrogen-bond donors (Lipinski definition) is 1. The standard InChI is InChI=1S/C32H41F3N6O4/c1-2-16-43-18-19-44-17-15-39-11-13-40(14-12-39)24-3-5-27-29(20-24)37-22-38-30(27)23-7-9-41(10-8-23)31(42)26-6-4-25(21-28(26)36)45-32(33,34)35/h3-6,20-23H,2,7-19,36H2,1H3. The van der Waals surface area contributed by atoms with Gasteiger partial charge < -0.3 is 29.7 Å². The van der Waals surface area contributed by atoms with Gasteiger partial charge in [0.15, 0.2) is 0 Å². The molecule has 3 aromatic rings. The van der Waals surface area contributed by atoms with E-state index in [1.54, 1.807) is 11.2 Å². The van der Waals surface area contributed by atoms with Gasteiger partial charge in [-0.25, -0.2) is 9.97 Å². The van der Waals surface area contributed by atoms with Crippen LogP contribution in [0.1, 0.15) is 48.2 Å². The maximum absolute atomic E-state index is 13.1. The molecular formula is C32H41F3N6O4. The highest BCUT2D eigenvalue weighted by Crippen LogP contribution is 2.34. The van der Waals surface area contributed by atoms with Crippen LogP contribution in [0.5, 0.6) is 5.75 Å². The Balaban J connectivity index is 1.13. The Kier molecular flexibility index (Phi) is 11.0. The fourth-order valence-corrected chi connectivity index (χ4v) is 5.94. The van der Waals surface area contributed by atoms with Gasteiger partial charge in [-0.15, -0.1) is 13.2 Å². The largest absolute Gasteiger partial charge is 0.573 e. The number of aromatic nitrogens is 2. The summed E-state index contributed by atoms with van der Waals surface area (Å²) >= 11 is 0. The Morgan fingerprint density at radius 2 is 1.67 bits per heavy atom. The van der Waals surface area contributed by atoms with E-state index in [9.17, 15) is 18.0 Å². The summed E-state index contributed by atoms with van der Waals surface area (Å²) in [6.45, 7) is 10.5. The number of carbonyl (C=O) groups is 1. The molecule has 45 heavy (non-hydrogen) atoms. The minimum atomic E-state index is -4.83. The molecule has 2 N–H and O–H groups in total. The number of piperazine rings is 1. The van der Waals surface area contributed by atoms with Crippen molar-refractivity contribution in [1.82, 2.24) is 19.8 Å². The van der Waals surface area contributed by atoms with Crippen LogP contribution in [0.3, 0.4) is 0 Å². The molecule has 1 amide bonds. The van der Waals surface area contributed by atoms with Crippen LogP contribution in [0.4, 0.5) is 24.5 Å². The third kappa shape index (κ3) is 8.74. The van der Waals surface area contributed by atoms with E-state index in [0.717, 1.165) is 80.2 Å². The molecule has 0 unspecified atom stereocenters. The zero-order valence-corrected chi connectivity index (χ0v) is 25.6. The molecule has 2 saturated heterocycles. The molecule has 1 aromatic heterocycles. The van der Waals surface area contributed by atoms with Crippen LogP contribution < -0.4 is 15.4 Å². The molecule has 13 heteroatoms. The lowest BCUT2D eigenvalue weighted by atomic mass is 9.90. The first kappa shape index (κ1) is 32.7. The predicted molar refractivity (Wildman–Crippen MR) is 166 cm³/mol. The lowest BCUT2D eigenvalue weighted by molar-refractivity contribution is -0.274. The molecule has 244 valence electrons. The fourth-order valence-electron chi connectivity index (χ4n) is 5.94. The third-order valence-electron chi connectivity index (χ3n) is 8.32. The number of nitrogen functional groups attached to an aromatic ring is 1. The summed E-state index contributed by atoms with van der Waals surface area (Å²) in [7, 11) is 0. The number of benzene rings is 2. The number of alkyl halides is 3. The van der Waals surface area contributed by atoms with Gasteiger partial charge >= 0.3 is 6.36 Å². The molecule has 0 aliphatic carbocycles. The number of anilines is 2. The van der Waals surface area contributed by atoms with Gasteiger partial charge in [0.1, 0.15) is 12.1 Å². The zero-order valence-electron chi connectivity index (χ0n) is 25.6. The lowest BCUT2D eigenvalue weighted by Crippen LogP contribution is -2.47. The molecular weight excluding hydrogens is 589 g/mol. The smallest absolute Gasteiger partial charge is 0.406 e. The fraction of sp³-hybridized carbons (Fsp3) is 0.531. The van der Waals surface area contributed by atoms with E-state index < -0.39 is 12.1 Å². The minimum absolute atomic E-state index is 0.0550. The molecule has 2 aliphatic rings. The van der Waals surface area contributed by atoms with Crippen molar-refractivity contribution in [3.63, 3.8) is 0 Å². The second-order valence-corrected chi connectivity index (χ2v) is 11.4. The van der Waals surface area contributed by atoms with Gasteiger partial charge in [0.05, 0.1) is 36.6 Å². The number of nitrogens with zero attached hydrogens (tertiary/aromatic N) is 5. The number of ether oxygens (including phenoxy) is 3. The molecule has 2 aromatic carbocycles. The SMILES string of the molecule is CCCOCCOCCN1CCN(c2ccc3c(C4CCN(C(=O)c5ccc(OC(F)(F)F)cc5N)CC4)ncnc3c2)CC1. The van der Waals surface area contributed by atoms with Crippen molar-refractivity contribution >= 4 is 28.2 Å². The van der Waals surface area contributed by atoms with E-state index in [-0.39, 0.29) is 23.1 Å². The summed E-state index contributed by atoms with van der Waals surface area (Å²) in [6.07, 6.45) is -0.803. The van der Waals surface area contributed by atoms with E-state index in [4.69, 9.17) is 15.2 Å². The number of halogens is 3. The average molecular weight is 631 g/mol. The van der Waals surface area contributed by atoms with E-state index in [1.807, 2.05) is 0 Å². The van der Waals surface area contributed by atoms with Gasteiger partial charge in [-0.2, -0.15) is 0 Å². The first-order valence-corrected chi connectivity index (χ1v) is 15.5. The topological polar surface area (TPSA) is 106 Å². The summed E-state index contributed by atoms with van der Waals surface area (Å²) in [4.78, 5) is 28.8. The van der Waals surface area contributed by atoms with E-state index in [0.29, 0.717) is 45.8 Å². The van der Waals surface area contributed by atoms with Crippen LogP contribution in [0.2, 0.25) is 0 Å². The second kappa shape index (κ2) is 15.1. The average Bonchev–Trinajstić information content (AvgIpc) is 3.03. The Labute approximate surface area is 261 Å². The molecule has 0 spiro atoms. The van der Waals surface area contributed by atoms with Crippen LogP contribution >= 0.6 is 0 Å². The predicted octanol–water partition coefficient (Wildman–Crippen LogP) is 4.70. The molecule has 0 saturated carbocycles. The first-order valence-electron chi connectivity index (χ1n) is 15.5. The van der Waals surface area contributed by atoms with Crippen molar-refractivity contribution in [1.29, 1.82) is 0 Å². The number of piperidine rings is 1. The number of likely N-dealkylation sites (tertiary alicyclic amines) is 1. The van der Waals surface area contributed by atoms with Crippen LogP contribution in [0, 0.1) is 0 Å². The van der Waals surface area contributed by atoms with E-state index in [1.165, 1.54) is 6.07 Å². The van der Waals surface area contributed by atoms with Crippen LogP contribution in [0.15, 0.2) is 42.7 Å². The summed E-state index contributed by atoms with van der Waals surface area (Å²) in [6, 6.07) is 9.77. The van der Waals surface area contributed by atoms with Gasteiger partial charge in [0.2, 0.25) is 0 Å². The highest BCUT2D eigenvalue weighted by Gasteiger charge is 2.32. The van der Waals surface area contributed by atoms with E-state index >= 15 is 0 Å². The lowest BCUT2D eigenvalue weighted by Gasteiger charge is -2.36. The first-order chi connectivity index (χ1) is 21.7. The number of amides is 1. The summed E-state index contributed by atoms with van der Waals surface area (Å²) in [5, 5.41) is 1.01. The van der Waals surface area contributed by atoms with Gasteiger partial charge in [-0.05, 0) is 49.6 Å². The minimum Gasteiger partial charge on any atom is -0.406 e. The molecule has 0 atom stereocenters. The molecule has 10 nitrogen and oxygen atoms in total. The Hall–Kier alpha value is -3.68. The highest BCUT2D eigenvalue weighted by molar-refractivity contribution is 5.99. The normalized spacial score (nSPS) is 16.8. The van der Waals surface area contributed by atoms with Gasteiger partial charge in [0.25, 0.3) is 5.91 Å². The summed E-state index contributed by atoms with van der Waals surface area (Å²) in [5.74, 6) is -0.623. The Bertz CT molecular complexity index is 1430. The van der Waals surface area contributed by atoms with Crippen molar-refractivity contribution < 1.29 is 32.2 Å². The Morgan fingerprint density at radius 1 is 0.933 bits per heavy atom. The van der Waals surface area contributed by atoms with Crippen molar-refractivity contribution in [3.8, 4) is 5.75 Å². The monoisotopic (exact) mass is 630 g/mol. The molecule has 2 fully saturated rings. The van der Waals surface area contributed by atoms with Crippen molar-refractivity contribution in [3.05, 3.63) is 54.0 Å². The van der Waals surface area contributed by atoms with Crippen LogP contribution in [0.25, 0.3) is 10.9 Å². The second-order valence-electron chi connectivity index (χ2n) is 11.4. The maximum Gasteiger partial charge on any atom is 0.573 e. The maximum atomic E-state index is 13.1. The Morgan fingerprint density at radius 3 is 2.36 bits per heavy atom. The summed E-state index contributed by atoms with van der Waals surface area (Å²) < 4.78 is 52.7. The van der Waals surface area contributed by atoms with Gasteiger partial charge in [-0.3, -0.25) is 9.69 Å². The van der Waals surface area contributed by atoms with Crippen molar-refractivity contribution in [2.75, 3.05) is 82.9 Å². The highest BCUT2D eigenvalue weighted by atomic mass is 19.4. The number of carbonyl (C=O) groups excluding carboxylic acids is 1. The molecule has 0 bridgehead atoms. The van der Waals surface area contributed by atoms with Gasteiger partial charge in [0, 0.05) is 81.2 Å². The zero-order chi connectivity index (χ0) is 31.8. The van der Waals surface area contributed by atoms with Crippen molar-refractivity contribution in [2.45, 2.75) is 38.5 Å². The molecule has 0 radical (unpaired) electrons. The number of fused-ring (bicyclic) bond motifs is 1. The van der Waals surface area contributed by atoms with E-state index in [2.05, 4.69) is 49.6 Å². The number of nitrogens with two attached hydrogens (primary N) is 1. The van der Waals surface area contributed by atoms with Crippen LogP contribution in [-0.2, 0) is 9.47 Å². The van der Waals surface area contributed by atoms with Crippen molar-refractivity contribution in [2.24, 2.45) is 0 Å². The third-order valence-corrected chi connectivity index (χ3v) is 8.32. The van der Waals surface area contributed by atoms with Crippen LogP contribution in [-0.4, -0.2) is 104 Å². The quantitative estimate of drug-likeness (QED) is 0.225. The summed E-state index contributed by atoms with van der Waals surface area (Å²) in [5.41, 5.74) is 9.02. The van der Waals surface area contributed by atoms with Gasteiger partial charge in [-0.1, -0.05) is 6.92 Å². The molecule has 5 rings (SSSR count). The number of rotatable bonds is 12. The molecule has 3 heterocycles. The number of hydrogen-bond acceptors (Lipinski definition) is 9.